The van der Waals surface area contributed by atoms with Crippen LogP contribution >= 0.6 is 0 Å². The molecule has 3 aromatic carbocycles. The molecule has 36 heavy (non-hydrogen) atoms. The van der Waals surface area contributed by atoms with E-state index < -0.39 is 17.7 Å². The van der Waals surface area contributed by atoms with Crippen molar-refractivity contribution in [1.29, 1.82) is 0 Å². The summed E-state index contributed by atoms with van der Waals surface area (Å²) >= 11 is 0. The van der Waals surface area contributed by atoms with Gasteiger partial charge in [-0.05, 0) is 74.6 Å². The van der Waals surface area contributed by atoms with E-state index in [1.165, 1.54) is 17.0 Å². The Morgan fingerprint density at radius 1 is 0.944 bits per heavy atom. The number of aliphatic hydroxyl groups excluding tert-OH is 1. The topological polar surface area (TPSA) is 90.3 Å². The number of hydrogen-bond donors (Lipinski definition) is 2. The molecule has 0 spiro atoms. The number of hydrogen-bond acceptors (Lipinski definition) is 6. The maximum atomic E-state index is 13.1. The number of amides is 1. The Bertz CT molecular complexity index is 1230. The van der Waals surface area contributed by atoms with Crippen molar-refractivity contribution in [1.82, 2.24) is 9.80 Å². The van der Waals surface area contributed by atoms with E-state index in [4.69, 9.17) is 4.74 Å². The van der Waals surface area contributed by atoms with Gasteiger partial charge in [-0.15, -0.1) is 0 Å². The van der Waals surface area contributed by atoms with Gasteiger partial charge >= 0.3 is 0 Å². The highest BCUT2D eigenvalue weighted by Crippen LogP contribution is 2.40. The van der Waals surface area contributed by atoms with Gasteiger partial charge < -0.3 is 24.7 Å². The van der Waals surface area contributed by atoms with Gasteiger partial charge in [-0.1, -0.05) is 42.5 Å². The highest BCUT2D eigenvalue weighted by atomic mass is 16.5. The second kappa shape index (κ2) is 11.1. The summed E-state index contributed by atoms with van der Waals surface area (Å²) in [5, 5.41) is 20.9. The number of phenolic OH excluding ortho intramolecular Hbond substituents is 1. The average Bonchev–Trinajstić information content (AvgIpc) is 3.13. The molecule has 1 aliphatic rings. The average molecular weight is 487 g/mol. The van der Waals surface area contributed by atoms with Crippen LogP contribution in [-0.2, 0) is 16.2 Å². The Balaban J connectivity index is 1.63. The van der Waals surface area contributed by atoms with Crippen LogP contribution < -0.4 is 4.74 Å². The summed E-state index contributed by atoms with van der Waals surface area (Å²) < 4.78 is 5.82. The highest BCUT2D eigenvalue weighted by molar-refractivity contribution is 6.46. The van der Waals surface area contributed by atoms with Gasteiger partial charge in [0, 0.05) is 12.1 Å². The van der Waals surface area contributed by atoms with Crippen molar-refractivity contribution in [3.8, 4) is 11.5 Å². The number of aromatic hydroxyl groups is 1. The lowest BCUT2D eigenvalue weighted by molar-refractivity contribution is -0.139. The first-order valence-corrected chi connectivity index (χ1v) is 11.8. The first kappa shape index (κ1) is 25.0. The minimum atomic E-state index is -0.748. The standard InChI is InChI=1S/C29H30N2O5/c1-30(2)17-6-18-31-26(21-9-13-23(32)14-10-21)25(28(34)29(31)35)27(33)22-11-15-24(16-12-22)36-19-20-7-4-3-5-8-20/h3-5,7-16,26,32-33H,6,17-19H2,1-2H3/b27-25-. The molecule has 0 bridgehead atoms. The number of rotatable bonds is 9. The molecule has 1 atom stereocenters. The number of phenols is 1. The number of nitrogens with zero attached hydrogens (tertiary/aromatic N) is 2. The molecular formula is C29H30N2O5. The number of benzene rings is 3. The number of ether oxygens (including phenoxy) is 1. The summed E-state index contributed by atoms with van der Waals surface area (Å²) in [6.45, 7) is 1.51. The molecule has 0 radical (unpaired) electrons. The molecule has 0 aromatic heterocycles. The summed E-state index contributed by atoms with van der Waals surface area (Å²) in [6, 6.07) is 22.2. The van der Waals surface area contributed by atoms with E-state index in [2.05, 4.69) is 0 Å². The van der Waals surface area contributed by atoms with E-state index in [1.54, 1.807) is 36.4 Å². The van der Waals surface area contributed by atoms with Crippen molar-refractivity contribution < 1.29 is 24.5 Å². The number of likely N-dealkylation sites (tertiary alicyclic amines) is 1. The molecule has 3 aromatic rings. The van der Waals surface area contributed by atoms with Crippen molar-refractivity contribution in [3.05, 3.63) is 101 Å². The molecular weight excluding hydrogens is 456 g/mol. The predicted octanol–water partition coefficient (Wildman–Crippen LogP) is 4.34. The predicted molar refractivity (Wildman–Crippen MR) is 138 cm³/mol. The molecule has 1 unspecified atom stereocenters. The van der Waals surface area contributed by atoms with Gasteiger partial charge in [0.25, 0.3) is 11.7 Å². The second-order valence-electron chi connectivity index (χ2n) is 9.04. The molecule has 0 aliphatic carbocycles. The van der Waals surface area contributed by atoms with Crippen LogP contribution in [0.5, 0.6) is 11.5 Å². The van der Waals surface area contributed by atoms with Crippen LogP contribution in [-0.4, -0.2) is 58.9 Å². The molecule has 7 heteroatoms. The Kier molecular flexibility index (Phi) is 7.71. The van der Waals surface area contributed by atoms with Crippen molar-refractivity contribution in [2.75, 3.05) is 27.2 Å². The third-order valence-corrected chi connectivity index (χ3v) is 6.13. The molecule has 1 fully saturated rings. The number of aliphatic hydroxyl groups is 1. The number of carbonyl (C=O) groups is 2. The molecule has 1 aliphatic heterocycles. The molecule has 1 heterocycles. The van der Waals surface area contributed by atoms with E-state index in [0.717, 1.165) is 12.1 Å². The quantitative estimate of drug-likeness (QED) is 0.266. The van der Waals surface area contributed by atoms with Crippen LogP contribution in [0.2, 0.25) is 0 Å². The smallest absolute Gasteiger partial charge is 0.295 e. The highest BCUT2D eigenvalue weighted by Gasteiger charge is 2.45. The van der Waals surface area contributed by atoms with Gasteiger partial charge in [-0.3, -0.25) is 9.59 Å². The zero-order valence-corrected chi connectivity index (χ0v) is 20.4. The Morgan fingerprint density at radius 2 is 1.61 bits per heavy atom. The molecule has 186 valence electrons. The van der Waals surface area contributed by atoms with Gasteiger partial charge in [0.1, 0.15) is 23.9 Å². The third-order valence-electron chi connectivity index (χ3n) is 6.13. The van der Waals surface area contributed by atoms with Crippen LogP contribution in [0.1, 0.15) is 29.2 Å². The fourth-order valence-electron chi connectivity index (χ4n) is 4.28. The minimum absolute atomic E-state index is 0.0356. The fourth-order valence-corrected chi connectivity index (χ4v) is 4.28. The molecule has 4 rings (SSSR count). The van der Waals surface area contributed by atoms with Gasteiger partial charge in [-0.25, -0.2) is 0 Å². The van der Waals surface area contributed by atoms with Crippen LogP contribution in [0.4, 0.5) is 0 Å². The lowest BCUT2D eigenvalue weighted by Gasteiger charge is -2.26. The maximum absolute atomic E-state index is 13.1. The second-order valence-corrected chi connectivity index (χ2v) is 9.04. The van der Waals surface area contributed by atoms with E-state index in [9.17, 15) is 19.8 Å². The van der Waals surface area contributed by atoms with Gasteiger partial charge in [-0.2, -0.15) is 0 Å². The van der Waals surface area contributed by atoms with Crippen molar-refractivity contribution in [2.45, 2.75) is 19.1 Å². The summed E-state index contributed by atoms with van der Waals surface area (Å²) in [5.41, 5.74) is 2.12. The van der Waals surface area contributed by atoms with E-state index in [0.29, 0.717) is 36.4 Å². The van der Waals surface area contributed by atoms with Crippen molar-refractivity contribution >= 4 is 17.4 Å². The van der Waals surface area contributed by atoms with Gasteiger partial charge in [0.2, 0.25) is 0 Å². The largest absolute Gasteiger partial charge is 0.508 e. The Hall–Kier alpha value is -4.10. The number of Topliss-reactive ketones (excluding diaryl/α,β-unsaturated/α-hetero) is 1. The fraction of sp³-hybridized carbons (Fsp3) is 0.241. The summed E-state index contributed by atoms with van der Waals surface area (Å²) in [5.74, 6) is -0.906. The summed E-state index contributed by atoms with van der Waals surface area (Å²) in [7, 11) is 3.89. The zero-order chi connectivity index (χ0) is 25.7. The molecule has 0 saturated carbocycles. The first-order valence-electron chi connectivity index (χ1n) is 11.8. The van der Waals surface area contributed by atoms with E-state index in [-0.39, 0.29) is 17.1 Å². The van der Waals surface area contributed by atoms with Crippen molar-refractivity contribution in [3.63, 3.8) is 0 Å². The van der Waals surface area contributed by atoms with E-state index >= 15 is 0 Å². The zero-order valence-electron chi connectivity index (χ0n) is 20.4. The van der Waals surface area contributed by atoms with Crippen LogP contribution in [0.15, 0.2) is 84.4 Å². The van der Waals surface area contributed by atoms with Crippen LogP contribution in [0.3, 0.4) is 0 Å². The van der Waals surface area contributed by atoms with Gasteiger partial charge in [0.05, 0.1) is 11.6 Å². The SMILES string of the molecule is CN(C)CCCN1C(=O)C(=O)/C(=C(\O)c2ccc(OCc3ccccc3)cc2)C1c1ccc(O)cc1. The van der Waals surface area contributed by atoms with Crippen LogP contribution in [0, 0.1) is 0 Å². The Morgan fingerprint density at radius 3 is 2.25 bits per heavy atom. The lowest BCUT2D eigenvalue weighted by atomic mass is 9.95. The molecule has 1 amide bonds. The summed E-state index contributed by atoms with van der Waals surface area (Å²) in [4.78, 5) is 29.6. The molecule has 1 saturated heterocycles. The number of carbonyl (C=O) groups excluding carboxylic acids is 2. The number of ketones is 1. The van der Waals surface area contributed by atoms with E-state index in [1.807, 2.05) is 49.3 Å². The molecule has 7 nitrogen and oxygen atoms in total. The monoisotopic (exact) mass is 486 g/mol. The minimum Gasteiger partial charge on any atom is -0.508 e. The molecule has 2 N–H and O–H groups in total. The Labute approximate surface area is 210 Å². The maximum Gasteiger partial charge on any atom is 0.295 e. The summed E-state index contributed by atoms with van der Waals surface area (Å²) in [6.07, 6.45) is 0.669. The van der Waals surface area contributed by atoms with Crippen LogP contribution in [0.25, 0.3) is 5.76 Å². The van der Waals surface area contributed by atoms with Crippen molar-refractivity contribution in [2.24, 2.45) is 0 Å². The normalized spacial score (nSPS) is 17.1. The van der Waals surface area contributed by atoms with Gasteiger partial charge in [0.15, 0.2) is 0 Å². The first-order chi connectivity index (χ1) is 17.3. The lowest BCUT2D eigenvalue weighted by Crippen LogP contribution is -2.32. The third kappa shape index (κ3) is 5.58.